The summed E-state index contributed by atoms with van der Waals surface area (Å²) in [6.45, 7) is 2.55. The summed E-state index contributed by atoms with van der Waals surface area (Å²) in [6.07, 6.45) is 2.83. The van der Waals surface area contributed by atoms with E-state index in [1.54, 1.807) is 12.4 Å². The number of aliphatic hydroxyl groups excluding tert-OH is 1. The minimum atomic E-state index is -0.701. The monoisotopic (exact) mass is 268 g/mol. The van der Waals surface area contributed by atoms with Crippen LogP contribution >= 0.6 is 0 Å². The lowest BCUT2D eigenvalue weighted by molar-refractivity contribution is 0.221. The standard InChI is InChI=1S/C16H16N2O2/c1-2-20-12-6-3-5-11(9-12)15(19)14-10-18-16-13(14)7-4-8-17-16/h3-10,15,19H,2H2,1H3,(H,17,18). The molecule has 2 N–H and O–H groups in total. The van der Waals surface area contributed by atoms with Gasteiger partial charge < -0.3 is 14.8 Å². The van der Waals surface area contributed by atoms with Gasteiger partial charge >= 0.3 is 0 Å². The van der Waals surface area contributed by atoms with Crippen molar-refractivity contribution in [1.82, 2.24) is 9.97 Å². The van der Waals surface area contributed by atoms with Crippen molar-refractivity contribution in [3.63, 3.8) is 0 Å². The van der Waals surface area contributed by atoms with Gasteiger partial charge in [-0.25, -0.2) is 4.98 Å². The Bertz CT molecular complexity index is 721. The van der Waals surface area contributed by atoms with Gasteiger partial charge in [-0.2, -0.15) is 0 Å². The van der Waals surface area contributed by atoms with Crippen LogP contribution in [0.2, 0.25) is 0 Å². The number of nitrogens with one attached hydrogen (secondary N) is 1. The Hall–Kier alpha value is -2.33. The Balaban J connectivity index is 1.99. The van der Waals surface area contributed by atoms with Crippen molar-refractivity contribution in [2.24, 2.45) is 0 Å². The Kier molecular flexibility index (Phi) is 3.39. The highest BCUT2D eigenvalue weighted by atomic mass is 16.5. The van der Waals surface area contributed by atoms with Crippen molar-refractivity contribution in [3.05, 3.63) is 59.9 Å². The number of nitrogens with zero attached hydrogens (tertiary/aromatic N) is 1. The number of pyridine rings is 1. The summed E-state index contributed by atoms with van der Waals surface area (Å²) < 4.78 is 5.47. The number of fused-ring (bicyclic) bond motifs is 1. The zero-order valence-electron chi connectivity index (χ0n) is 11.2. The fraction of sp³-hybridized carbons (Fsp3) is 0.188. The van der Waals surface area contributed by atoms with Crippen LogP contribution < -0.4 is 4.74 Å². The summed E-state index contributed by atoms with van der Waals surface area (Å²) in [4.78, 5) is 7.31. The van der Waals surface area contributed by atoms with E-state index in [2.05, 4.69) is 9.97 Å². The normalized spacial score (nSPS) is 12.5. The highest BCUT2D eigenvalue weighted by Gasteiger charge is 2.15. The van der Waals surface area contributed by atoms with Crippen LogP contribution in [0.25, 0.3) is 11.0 Å². The van der Waals surface area contributed by atoms with Crippen molar-refractivity contribution in [3.8, 4) is 5.75 Å². The molecule has 2 aromatic heterocycles. The number of aromatic nitrogens is 2. The minimum Gasteiger partial charge on any atom is -0.494 e. The molecule has 3 aromatic rings. The van der Waals surface area contributed by atoms with Gasteiger partial charge in [0.1, 0.15) is 17.5 Å². The zero-order valence-corrected chi connectivity index (χ0v) is 11.2. The summed E-state index contributed by atoms with van der Waals surface area (Å²) >= 11 is 0. The Labute approximate surface area is 117 Å². The number of aromatic amines is 1. The van der Waals surface area contributed by atoms with Crippen LogP contribution in [-0.4, -0.2) is 21.7 Å². The Morgan fingerprint density at radius 3 is 3.05 bits per heavy atom. The van der Waals surface area contributed by atoms with Crippen LogP contribution in [-0.2, 0) is 0 Å². The molecule has 0 amide bonds. The van der Waals surface area contributed by atoms with E-state index in [1.807, 2.05) is 43.3 Å². The van der Waals surface area contributed by atoms with Crippen LogP contribution in [0.1, 0.15) is 24.2 Å². The summed E-state index contributed by atoms with van der Waals surface area (Å²) in [7, 11) is 0. The average Bonchev–Trinajstić information content (AvgIpc) is 2.91. The summed E-state index contributed by atoms with van der Waals surface area (Å²) in [5, 5.41) is 11.5. The van der Waals surface area contributed by atoms with Crippen LogP contribution in [0.3, 0.4) is 0 Å². The maximum absolute atomic E-state index is 10.6. The molecule has 4 nitrogen and oxygen atoms in total. The molecule has 1 aromatic carbocycles. The van der Waals surface area contributed by atoms with Gasteiger partial charge in [-0.1, -0.05) is 12.1 Å². The van der Waals surface area contributed by atoms with E-state index in [4.69, 9.17) is 4.74 Å². The Morgan fingerprint density at radius 1 is 1.30 bits per heavy atom. The molecule has 0 radical (unpaired) electrons. The van der Waals surface area contributed by atoms with Gasteiger partial charge in [-0.15, -0.1) is 0 Å². The lowest BCUT2D eigenvalue weighted by atomic mass is 10.0. The molecular weight excluding hydrogens is 252 g/mol. The molecule has 1 unspecified atom stereocenters. The first-order valence-corrected chi connectivity index (χ1v) is 6.62. The molecule has 102 valence electrons. The first kappa shape index (κ1) is 12.7. The van der Waals surface area contributed by atoms with E-state index < -0.39 is 6.10 Å². The fourth-order valence-electron chi connectivity index (χ4n) is 2.32. The molecule has 0 fully saturated rings. The Morgan fingerprint density at radius 2 is 2.20 bits per heavy atom. The van der Waals surface area contributed by atoms with E-state index >= 15 is 0 Å². The number of benzene rings is 1. The second kappa shape index (κ2) is 5.35. The van der Waals surface area contributed by atoms with Crippen LogP contribution in [0.5, 0.6) is 5.75 Å². The topological polar surface area (TPSA) is 58.1 Å². The lowest BCUT2D eigenvalue weighted by Crippen LogP contribution is -2.00. The lowest BCUT2D eigenvalue weighted by Gasteiger charge is -2.12. The maximum atomic E-state index is 10.6. The van der Waals surface area contributed by atoms with Gasteiger partial charge in [0.25, 0.3) is 0 Å². The van der Waals surface area contributed by atoms with E-state index in [-0.39, 0.29) is 0 Å². The summed E-state index contributed by atoms with van der Waals surface area (Å²) in [5.74, 6) is 0.766. The molecule has 0 aliphatic heterocycles. The molecule has 0 saturated carbocycles. The molecule has 0 aliphatic carbocycles. The highest BCUT2D eigenvalue weighted by Crippen LogP contribution is 2.29. The second-order valence-corrected chi connectivity index (χ2v) is 4.55. The number of ether oxygens (including phenoxy) is 1. The first-order valence-electron chi connectivity index (χ1n) is 6.62. The summed E-state index contributed by atoms with van der Waals surface area (Å²) in [5.41, 5.74) is 2.41. The molecule has 0 saturated heterocycles. The van der Waals surface area contributed by atoms with E-state index in [0.717, 1.165) is 27.9 Å². The number of H-pyrrole nitrogens is 1. The van der Waals surface area contributed by atoms with Gasteiger partial charge in [0.05, 0.1) is 6.61 Å². The molecule has 20 heavy (non-hydrogen) atoms. The number of hydrogen-bond acceptors (Lipinski definition) is 3. The van der Waals surface area contributed by atoms with Crippen LogP contribution in [0.15, 0.2) is 48.8 Å². The average molecular weight is 268 g/mol. The van der Waals surface area contributed by atoms with Crippen molar-refractivity contribution < 1.29 is 9.84 Å². The van der Waals surface area contributed by atoms with Crippen LogP contribution in [0.4, 0.5) is 0 Å². The smallest absolute Gasteiger partial charge is 0.137 e. The van der Waals surface area contributed by atoms with Crippen molar-refractivity contribution in [2.45, 2.75) is 13.0 Å². The maximum Gasteiger partial charge on any atom is 0.137 e. The molecule has 0 spiro atoms. The van der Waals surface area contributed by atoms with E-state index in [0.29, 0.717) is 6.61 Å². The third-order valence-electron chi connectivity index (χ3n) is 3.26. The van der Waals surface area contributed by atoms with E-state index in [1.165, 1.54) is 0 Å². The third kappa shape index (κ3) is 2.26. The first-order chi connectivity index (χ1) is 9.79. The number of aliphatic hydroxyl groups is 1. The quantitative estimate of drug-likeness (QED) is 0.764. The predicted molar refractivity (Wildman–Crippen MR) is 77.8 cm³/mol. The van der Waals surface area contributed by atoms with Crippen molar-refractivity contribution >= 4 is 11.0 Å². The largest absolute Gasteiger partial charge is 0.494 e. The van der Waals surface area contributed by atoms with Gasteiger partial charge in [0, 0.05) is 23.3 Å². The van der Waals surface area contributed by atoms with E-state index in [9.17, 15) is 5.11 Å². The predicted octanol–water partition coefficient (Wildman–Crippen LogP) is 3.04. The molecule has 0 aliphatic rings. The van der Waals surface area contributed by atoms with Gasteiger partial charge in [-0.05, 0) is 36.8 Å². The number of rotatable bonds is 4. The molecule has 3 rings (SSSR count). The third-order valence-corrected chi connectivity index (χ3v) is 3.26. The van der Waals surface area contributed by atoms with Gasteiger partial charge in [-0.3, -0.25) is 0 Å². The van der Waals surface area contributed by atoms with Crippen molar-refractivity contribution in [1.29, 1.82) is 0 Å². The molecule has 0 bridgehead atoms. The summed E-state index contributed by atoms with van der Waals surface area (Å²) in [6, 6.07) is 11.3. The second-order valence-electron chi connectivity index (χ2n) is 4.55. The molecule has 1 atom stereocenters. The van der Waals surface area contributed by atoms with Gasteiger partial charge in [0.15, 0.2) is 0 Å². The fourth-order valence-corrected chi connectivity index (χ4v) is 2.32. The van der Waals surface area contributed by atoms with Crippen molar-refractivity contribution in [2.75, 3.05) is 6.61 Å². The van der Waals surface area contributed by atoms with Crippen LogP contribution in [0, 0.1) is 0 Å². The minimum absolute atomic E-state index is 0.608. The zero-order chi connectivity index (χ0) is 13.9. The molecule has 4 heteroatoms. The molecule has 2 heterocycles. The highest BCUT2D eigenvalue weighted by molar-refractivity contribution is 5.80. The van der Waals surface area contributed by atoms with Gasteiger partial charge in [0.2, 0.25) is 0 Å². The molecular formula is C16H16N2O2. The number of hydrogen-bond donors (Lipinski definition) is 2. The SMILES string of the molecule is CCOc1cccc(C(O)c2c[nH]c3ncccc23)c1.